The van der Waals surface area contributed by atoms with Gasteiger partial charge in [-0.25, -0.2) is 0 Å². The summed E-state index contributed by atoms with van der Waals surface area (Å²) in [4.78, 5) is 11.2. The molecule has 0 saturated carbocycles. The molecular formula is C12H12N2OS. The minimum absolute atomic E-state index is 0.0143. The van der Waals surface area contributed by atoms with E-state index in [1.54, 1.807) is 23.5 Å². The average Bonchev–Trinajstić information content (AvgIpc) is 2.70. The number of hydrogen-bond donors (Lipinski definition) is 2. The van der Waals surface area contributed by atoms with Crippen LogP contribution in [0.2, 0.25) is 0 Å². The van der Waals surface area contributed by atoms with Crippen LogP contribution >= 0.6 is 11.3 Å². The molecule has 0 bridgehead atoms. The van der Waals surface area contributed by atoms with Gasteiger partial charge < -0.3 is 11.1 Å². The first-order valence-corrected chi connectivity index (χ1v) is 5.81. The summed E-state index contributed by atoms with van der Waals surface area (Å²) in [6, 6.07) is 7.35. The van der Waals surface area contributed by atoms with Crippen LogP contribution in [-0.2, 0) is 0 Å². The van der Waals surface area contributed by atoms with Crippen LogP contribution in [0.5, 0.6) is 0 Å². The van der Waals surface area contributed by atoms with Gasteiger partial charge in [0.05, 0.1) is 0 Å². The number of ketones is 1. The molecule has 0 saturated heterocycles. The van der Waals surface area contributed by atoms with Gasteiger partial charge in [0.2, 0.25) is 0 Å². The number of nitrogen functional groups attached to an aromatic ring is 1. The molecule has 2 rings (SSSR count). The Morgan fingerprint density at radius 1 is 1.31 bits per heavy atom. The summed E-state index contributed by atoms with van der Waals surface area (Å²) in [5, 5.41) is 7.21. The van der Waals surface area contributed by atoms with Crippen molar-refractivity contribution in [2.75, 3.05) is 11.1 Å². The topological polar surface area (TPSA) is 55.1 Å². The normalized spacial score (nSPS) is 10.1. The third-order valence-corrected chi connectivity index (χ3v) is 2.92. The van der Waals surface area contributed by atoms with Gasteiger partial charge in [-0.3, -0.25) is 4.79 Å². The number of anilines is 3. The van der Waals surface area contributed by atoms with E-state index in [1.165, 1.54) is 6.92 Å². The second kappa shape index (κ2) is 4.37. The van der Waals surface area contributed by atoms with E-state index in [2.05, 4.69) is 5.32 Å². The highest BCUT2D eigenvalue weighted by molar-refractivity contribution is 7.08. The van der Waals surface area contributed by atoms with Gasteiger partial charge >= 0.3 is 0 Å². The van der Waals surface area contributed by atoms with E-state index in [1.807, 2.05) is 22.9 Å². The summed E-state index contributed by atoms with van der Waals surface area (Å²) < 4.78 is 0. The molecule has 0 fully saturated rings. The molecule has 0 aliphatic rings. The first-order chi connectivity index (χ1) is 7.66. The Bertz CT molecular complexity index is 506. The molecule has 1 heterocycles. The van der Waals surface area contributed by atoms with E-state index < -0.39 is 0 Å². The highest BCUT2D eigenvalue weighted by Gasteiger charge is 2.05. The second-order valence-corrected chi connectivity index (χ2v) is 4.28. The van der Waals surface area contributed by atoms with Crippen molar-refractivity contribution in [1.29, 1.82) is 0 Å². The maximum absolute atomic E-state index is 11.2. The molecule has 3 nitrogen and oxygen atoms in total. The van der Waals surface area contributed by atoms with E-state index in [0.717, 1.165) is 11.4 Å². The fraction of sp³-hybridized carbons (Fsp3) is 0.0833. The summed E-state index contributed by atoms with van der Waals surface area (Å²) in [5.41, 5.74) is 8.78. The van der Waals surface area contributed by atoms with E-state index in [0.29, 0.717) is 11.3 Å². The van der Waals surface area contributed by atoms with Crippen molar-refractivity contribution < 1.29 is 4.79 Å². The Hall–Kier alpha value is -1.81. The average molecular weight is 232 g/mol. The fourth-order valence-electron chi connectivity index (χ4n) is 1.46. The Balaban J connectivity index is 2.24. The Morgan fingerprint density at radius 2 is 2.12 bits per heavy atom. The van der Waals surface area contributed by atoms with Gasteiger partial charge in [-0.1, -0.05) is 0 Å². The Labute approximate surface area is 97.9 Å². The summed E-state index contributed by atoms with van der Waals surface area (Å²) in [6.07, 6.45) is 0. The van der Waals surface area contributed by atoms with Crippen molar-refractivity contribution in [3.05, 3.63) is 40.6 Å². The van der Waals surface area contributed by atoms with E-state index >= 15 is 0 Å². The van der Waals surface area contributed by atoms with Gasteiger partial charge in [-0.2, -0.15) is 11.3 Å². The van der Waals surface area contributed by atoms with Gasteiger partial charge in [0, 0.05) is 28.0 Å². The van der Waals surface area contributed by atoms with Gasteiger partial charge in [-0.05, 0) is 36.6 Å². The summed E-state index contributed by atoms with van der Waals surface area (Å²) in [6.45, 7) is 1.51. The van der Waals surface area contributed by atoms with Crippen molar-refractivity contribution in [3.8, 4) is 0 Å². The highest BCUT2D eigenvalue weighted by Crippen LogP contribution is 2.23. The van der Waals surface area contributed by atoms with Crippen molar-refractivity contribution in [1.82, 2.24) is 0 Å². The fourth-order valence-corrected chi connectivity index (χ4v) is 2.05. The van der Waals surface area contributed by atoms with Crippen LogP contribution in [0.15, 0.2) is 35.0 Å². The lowest BCUT2D eigenvalue weighted by atomic mass is 10.1. The number of nitrogens with two attached hydrogens (primary N) is 1. The molecule has 16 heavy (non-hydrogen) atoms. The molecule has 82 valence electrons. The number of hydrogen-bond acceptors (Lipinski definition) is 4. The number of carbonyl (C=O) groups excluding carboxylic acids is 1. The summed E-state index contributed by atoms with van der Waals surface area (Å²) in [7, 11) is 0. The zero-order valence-corrected chi connectivity index (χ0v) is 9.67. The number of nitrogens with one attached hydrogen (secondary N) is 1. The SMILES string of the molecule is CC(=O)c1ccc(Nc2ccsc2)cc1N. The first-order valence-electron chi connectivity index (χ1n) is 4.86. The van der Waals surface area contributed by atoms with E-state index in [4.69, 9.17) is 5.73 Å². The van der Waals surface area contributed by atoms with Crippen LogP contribution in [-0.4, -0.2) is 5.78 Å². The van der Waals surface area contributed by atoms with E-state index in [-0.39, 0.29) is 5.78 Å². The molecule has 0 amide bonds. The smallest absolute Gasteiger partial charge is 0.161 e. The van der Waals surface area contributed by atoms with Crippen molar-refractivity contribution in [2.45, 2.75) is 6.92 Å². The lowest BCUT2D eigenvalue weighted by Gasteiger charge is -2.07. The molecular weight excluding hydrogens is 220 g/mol. The standard InChI is InChI=1S/C12H12N2OS/c1-8(15)11-3-2-9(6-12(11)13)14-10-4-5-16-7-10/h2-7,14H,13H2,1H3. The summed E-state index contributed by atoms with van der Waals surface area (Å²) >= 11 is 1.62. The van der Waals surface area contributed by atoms with Gasteiger partial charge in [-0.15, -0.1) is 0 Å². The van der Waals surface area contributed by atoms with Crippen molar-refractivity contribution in [2.24, 2.45) is 0 Å². The zero-order chi connectivity index (χ0) is 11.5. The molecule has 0 atom stereocenters. The lowest BCUT2D eigenvalue weighted by Crippen LogP contribution is -2.00. The molecule has 0 aliphatic heterocycles. The minimum Gasteiger partial charge on any atom is -0.398 e. The number of rotatable bonds is 3. The Morgan fingerprint density at radius 3 is 2.69 bits per heavy atom. The predicted octanol–water partition coefficient (Wildman–Crippen LogP) is 3.28. The monoisotopic (exact) mass is 232 g/mol. The van der Waals surface area contributed by atoms with Crippen LogP contribution in [0.25, 0.3) is 0 Å². The third kappa shape index (κ3) is 2.23. The largest absolute Gasteiger partial charge is 0.398 e. The third-order valence-electron chi connectivity index (χ3n) is 2.24. The van der Waals surface area contributed by atoms with Crippen LogP contribution in [0, 0.1) is 0 Å². The molecule has 0 spiro atoms. The number of thiophene rings is 1. The van der Waals surface area contributed by atoms with Gasteiger partial charge in [0.15, 0.2) is 5.78 Å². The van der Waals surface area contributed by atoms with Crippen LogP contribution in [0.4, 0.5) is 17.1 Å². The van der Waals surface area contributed by atoms with Crippen LogP contribution < -0.4 is 11.1 Å². The molecule has 1 aromatic heterocycles. The van der Waals surface area contributed by atoms with Crippen molar-refractivity contribution >= 4 is 34.2 Å². The maximum atomic E-state index is 11.2. The zero-order valence-electron chi connectivity index (χ0n) is 8.86. The molecule has 1 aromatic carbocycles. The lowest BCUT2D eigenvalue weighted by molar-refractivity contribution is 0.101. The predicted molar refractivity (Wildman–Crippen MR) is 68.5 cm³/mol. The number of benzene rings is 1. The maximum Gasteiger partial charge on any atom is 0.161 e. The summed E-state index contributed by atoms with van der Waals surface area (Å²) in [5.74, 6) is -0.0143. The minimum atomic E-state index is -0.0143. The number of Topliss-reactive ketones (excluding diaryl/α,β-unsaturated/α-hetero) is 1. The Kier molecular flexibility index (Phi) is 2.92. The van der Waals surface area contributed by atoms with Crippen molar-refractivity contribution in [3.63, 3.8) is 0 Å². The molecule has 0 aliphatic carbocycles. The molecule has 0 radical (unpaired) electrons. The van der Waals surface area contributed by atoms with E-state index in [9.17, 15) is 4.79 Å². The molecule has 4 heteroatoms. The molecule has 3 N–H and O–H groups in total. The highest BCUT2D eigenvalue weighted by atomic mass is 32.1. The first kappa shape index (κ1) is 10.7. The molecule has 2 aromatic rings. The van der Waals surface area contributed by atoms with Crippen LogP contribution in [0.1, 0.15) is 17.3 Å². The van der Waals surface area contributed by atoms with Gasteiger partial charge in [0.1, 0.15) is 0 Å². The van der Waals surface area contributed by atoms with Gasteiger partial charge in [0.25, 0.3) is 0 Å². The quantitative estimate of drug-likeness (QED) is 0.630. The number of carbonyl (C=O) groups is 1. The second-order valence-electron chi connectivity index (χ2n) is 3.50. The van der Waals surface area contributed by atoms with Crippen LogP contribution in [0.3, 0.4) is 0 Å². The molecule has 0 unspecified atom stereocenters.